The van der Waals surface area contributed by atoms with Crippen LogP contribution in [0.25, 0.3) is 0 Å². The van der Waals surface area contributed by atoms with E-state index in [9.17, 15) is 9.59 Å². The lowest BCUT2D eigenvalue weighted by Gasteiger charge is -2.18. The molecule has 1 heterocycles. The highest BCUT2D eigenvalue weighted by molar-refractivity contribution is 6.03. The first kappa shape index (κ1) is 9.59. The van der Waals surface area contributed by atoms with Gasteiger partial charge in [0.25, 0.3) is 0 Å². The van der Waals surface area contributed by atoms with Crippen molar-refractivity contribution in [1.29, 1.82) is 0 Å². The van der Waals surface area contributed by atoms with Gasteiger partial charge in [-0.25, -0.2) is 0 Å². The maximum Gasteiger partial charge on any atom is 0.320 e. The first-order chi connectivity index (χ1) is 6.04. The van der Waals surface area contributed by atoms with E-state index in [1.807, 2.05) is 0 Å². The van der Waals surface area contributed by atoms with Gasteiger partial charge in [-0.3, -0.25) is 9.59 Å². The van der Waals surface area contributed by atoms with Gasteiger partial charge in [0.15, 0.2) is 5.41 Å². The Labute approximate surface area is 76.5 Å². The Balaban J connectivity index is 3.00. The van der Waals surface area contributed by atoms with E-state index < -0.39 is 11.4 Å². The van der Waals surface area contributed by atoms with E-state index in [0.717, 1.165) is 0 Å². The second kappa shape index (κ2) is 3.09. The predicted octanol–water partition coefficient (Wildman–Crippen LogP) is -0.0572. The summed E-state index contributed by atoms with van der Waals surface area (Å²) in [6.45, 7) is 0.465. The summed E-state index contributed by atoms with van der Waals surface area (Å²) in [7, 11) is 1.59. The molecule has 13 heavy (non-hydrogen) atoms. The van der Waals surface area contributed by atoms with Crippen molar-refractivity contribution < 1.29 is 14.7 Å². The van der Waals surface area contributed by atoms with Gasteiger partial charge in [0.2, 0.25) is 5.91 Å². The highest BCUT2D eigenvalue weighted by Crippen LogP contribution is 2.34. The molecule has 1 rings (SSSR count). The van der Waals surface area contributed by atoms with Crippen molar-refractivity contribution in [2.45, 2.75) is 12.8 Å². The van der Waals surface area contributed by atoms with Crippen LogP contribution in [0.3, 0.4) is 0 Å². The molecule has 0 aromatic heterocycles. The van der Waals surface area contributed by atoms with Crippen molar-refractivity contribution in [3.8, 4) is 12.3 Å². The molecule has 1 aliphatic heterocycles. The number of terminal acetylenes is 1. The Morgan fingerprint density at radius 3 is 2.77 bits per heavy atom. The van der Waals surface area contributed by atoms with Gasteiger partial charge >= 0.3 is 5.97 Å². The highest BCUT2D eigenvalue weighted by Gasteiger charge is 2.51. The van der Waals surface area contributed by atoms with Crippen LogP contribution in [-0.2, 0) is 9.59 Å². The summed E-state index contributed by atoms with van der Waals surface area (Å²) in [6.07, 6.45) is 5.34. The molecule has 0 aromatic carbocycles. The quantitative estimate of drug-likeness (QED) is 0.479. The summed E-state index contributed by atoms with van der Waals surface area (Å²) in [5.41, 5.74) is -1.36. The first-order valence-corrected chi connectivity index (χ1v) is 3.97. The molecule has 4 nitrogen and oxygen atoms in total. The predicted molar refractivity (Wildman–Crippen MR) is 45.8 cm³/mol. The topological polar surface area (TPSA) is 57.6 Å². The zero-order chi connectivity index (χ0) is 10.1. The summed E-state index contributed by atoms with van der Waals surface area (Å²) in [5, 5.41) is 8.94. The molecule has 0 bridgehead atoms. The Morgan fingerprint density at radius 2 is 2.46 bits per heavy atom. The second-order valence-corrected chi connectivity index (χ2v) is 3.24. The number of hydrogen-bond donors (Lipinski definition) is 1. The minimum atomic E-state index is -1.36. The number of carboxylic acids is 1. The number of aliphatic carboxylic acids is 1. The van der Waals surface area contributed by atoms with Crippen LogP contribution in [0.5, 0.6) is 0 Å². The molecule has 0 aromatic rings. The maximum atomic E-state index is 11.5. The van der Waals surface area contributed by atoms with E-state index in [1.54, 1.807) is 7.05 Å². The van der Waals surface area contributed by atoms with Crippen molar-refractivity contribution in [2.75, 3.05) is 13.6 Å². The maximum absolute atomic E-state index is 11.5. The van der Waals surface area contributed by atoms with Crippen LogP contribution in [-0.4, -0.2) is 35.5 Å². The lowest BCUT2D eigenvalue weighted by molar-refractivity contribution is -0.155. The molecule has 0 radical (unpaired) electrons. The second-order valence-electron chi connectivity index (χ2n) is 3.24. The fourth-order valence-corrected chi connectivity index (χ4v) is 1.54. The van der Waals surface area contributed by atoms with Crippen molar-refractivity contribution in [3.63, 3.8) is 0 Å². The number of hydrogen-bond acceptors (Lipinski definition) is 2. The van der Waals surface area contributed by atoms with E-state index in [0.29, 0.717) is 13.0 Å². The number of carboxylic acid groups (broad SMARTS) is 1. The average molecular weight is 181 g/mol. The van der Waals surface area contributed by atoms with Gasteiger partial charge in [-0.1, -0.05) is 0 Å². The number of carbonyl (C=O) groups excluding carboxylic acids is 1. The van der Waals surface area contributed by atoms with Gasteiger partial charge in [-0.2, -0.15) is 0 Å². The van der Waals surface area contributed by atoms with Crippen LogP contribution in [0.4, 0.5) is 0 Å². The van der Waals surface area contributed by atoms with E-state index >= 15 is 0 Å². The summed E-state index contributed by atoms with van der Waals surface area (Å²) >= 11 is 0. The van der Waals surface area contributed by atoms with Gasteiger partial charge < -0.3 is 10.0 Å². The molecule has 0 spiro atoms. The molecule has 0 aliphatic carbocycles. The Bertz CT molecular complexity index is 292. The van der Waals surface area contributed by atoms with Crippen molar-refractivity contribution in [1.82, 2.24) is 4.90 Å². The zero-order valence-corrected chi connectivity index (χ0v) is 7.41. The molecular weight excluding hydrogens is 170 g/mol. The number of nitrogens with zero attached hydrogens (tertiary/aromatic N) is 1. The number of carbonyl (C=O) groups is 2. The van der Waals surface area contributed by atoms with Crippen molar-refractivity contribution in [3.05, 3.63) is 0 Å². The molecule has 1 unspecified atom stereocenters. The third kappa shape index (κ3) is 1.26. The number of rotatable bonds is 2. The van der Waals surface area contributed by atoms with E-state index in [2.05, 4.69) is 5.92 Å². The van der Waals surface area contributed by atoms with Crippen LogP contribution >= 0.6 is 0 Å². The Kier molecular flexibility index (Phi) is 2.28. The van der Waals surface area contributed by atoms with E-state index in [-0.39, 0.29) is 12.3 Å². The minimum Gasteiger partial charge on any atom is -0.480 e. The molecular formula is C9H11NO3. The Morgan fingerprint density at radius 1 is 1.85 bits per heavy atom. The third-order valence-electron chi connectivity index (χ3n) is 2.44. The monoisotopic (exact) mass is 181 g/mol. The molecule has 1 atom stereocenters. The SMILES string of the molecule is C#CCC1(C(=O)O)CCN(C)C1=O. The summed E-state index contributed by atoms with van der Waals surface area (Å²) in [5.74, 6) is 0.766. The molecule has 0 saturated carbocycles. The van der Waals surface area contributed by atoms with Gasteiger partial charge in [-0.05, 0) is 6.42 Å². The van der Waals surface area contributed by atoms with E-state index in [4.69, 9.17) is 11.5 Å². The molecule has 1 amide bonds. The van der Waals surface area contributed by atoms with Gasteiger partial charge in [-0.15, -0.1) is 12.3 Å². The van der Waals surface area contributed by atoms with Crippen molar-refractivity contribution >= 4 is 11.9 Å². The largest absolute Gasteiger partial charge is 0.480 e. The average Bonchev–Trinajstić information content (AvgIpc) is 2.34. The van der Waals surface area contributed by atoms with E-state index in [1.165, 1.54) is 4.90 Å². The smallest absolute Gasteiger partial charge is 0.320 e. The van der Waals surface area contributed by atoms with Crippen LogP contribution in [0.2, 0.25) is 0 Å². The summed E-state index contributed by atoms with van der Waals surface area (Å²) in [4.78, 5) is 23.8. The molecule has 70 valence electrons. The molecule has 1 aliphatic rings. The standard InChI is InChI=1S/C9H11NO3/c1-3-4-9(8(12)13)5-6-10(2)7(9)11/h1H,4-6H2,2H3,(H,12,13). The molecule has 1 saturated heterocycles. The van der Waals surface area contributed by atoms with Crippen LogP contribution < -0.4 is 0 Å². The highest BCUT2D eigenvalue weighted by atomic mass is 16.4. The zero-order valence-electron chi connectivity index (χ0n) is 7.41. The molecule has 1 N–H and O–H groups in total. The minimum absolute atomic E-state index is 0.0223. The fraction of sp³-hybridized carbons (Fsp3) is 0.556. The number of likely N-dealkylation sites (tertiary alicyclic amines) is 1. The first-order valence-electron chi connectivity index (χ1n) is 3.97. The van der Waals surface area contributed by atoms with Crippen LogP contribution in [0, 0.1) is 17.8 Å². The van der Waals surface area contributed by atoms with Crippen LogP contribution in [0.15, 0.2) is 0 Å². The summed E-state index contributed by atoms with van der Waals surface area (Å²) < 4.78 is 0. The molecule has 4 heteroatoms. The lowest BCUT2D eigenvalue weighted by atomic mass is 9.83. The van der Waals surface area contributed by atoms with Crippen molar-refractivity contribution in [2.24, 2.45) is 5.41 Å². The lowest BCUT2D eigenvalue weighted by Crippen LogP contribution is -2.39. The van der Waals surface area contributed by atoms with Gasteiger partial charge in [0.05, 0.1) is 0 Å². The molecule has 1 fully saturated rings. The van der Waals surface area contributed by atoms with Gasteiger partial charge in [0, 0.05) is 20.0 Å². The Hall–Kier alpha value is -1.50. The van der Waals surface area contributed by atoms with Gasteiger partial charge in [0.1, 0.15) is 0 Å². The third-order valence-corrected chi connectivity index (χ3v) is 2.44. The summed E-state index contributed by atoms with van der Waals surface area (Å²) in [6, 6.07) is 0. The van der Waals surface area contributed by atoms with Crippen LogP contribution in [0.1, 0.15) is 12.8 Å². The fourth-order valence-electron chi connectivity index (χ4n) is 1.54. The normalized spacial score (nSPS) is 27.4. The number of amides is 1.